The van der Waals surface area contributed by atoms with Crippen molar-refractivity contribution in [3.8, 4) is 0 Å². The lowest BCUT2D eigenvalue weighted by atomic mass is 9.99. The number of carbonyl (C=O) groups is 1. The SMILES string of the molecule is CCCCCCCCCCCCCCC/C=C/C(O)C(COC1OC(CO)C(O)C(O)C1O)NC(=O)CCCCCCCCCCCCCCCCCCC/C=C\CCCCCCCCCCCCCCCC. The maximum atomic E-state index is 13.1. The van der Waals surface area contributed by atoms with Crippen molar-refractivity contribution >= 4 is 5.91 Å². The van der Waals surface area contributed by atoms with E-state index in [-0.39, 0.29) is 12.5 Å². The van der Waals surface area contributed by atoms with Gasteiger partial charge in [0.1, 0.15) is 24.4 Å². The zero-order valence-electron chi connectivity index (χ0n) is 48.2. The van der Waals surface area contributed by atoms with Gasteiger partial charge in [0.15, 0.2) is 6.29 Å². The third-order valence-electron chi connectivity index (χ3n) is 15.5. The van der Waals surface area contributed by atoms with Crippen molar-refractivity contribution in [3.05, 3.63) is 24.3 Å². The number of aliphatic hydroxyl groups is 5. The molecular weight excluding hydrogens is 911 g/mol. The number of aliphatic hydroxyl groups excluding tert-OH is 5. The van der Waals surface area contributed by atoms with Crippen LogP contribution in [0.25, 0.3) is 0 Å². The Kier molecular flexibility index (Phi) is 51.6. The molecule has 1 aliphatic heterocycles. The molecule has 0 aromatic heterocycles. The highest BCUT2D eigenvalue weighted by atomic mass is 16.7. The lowest BCUT2D eigenvalue weighted by Crippen LogP contribution is -2.60. The second-order valence-electron chi connectivity index (χ2n) is 22.6. The van der Waals surface area contributed by atoms with E-state index < -0.39 is 49.5 Å². The van der Waals surface area contributed by atoms with Crippen LogP contribution in [0.3, 0.4) is 0 Å². The van der Waals surface area contributed by atoms with E-state index >= 15 is 0 Å². The smallest absolute Gasteiger partial charge is 0.220 e. The van der Waals surface area contributed by atoms with Gasteiger partial charge in [-0.3, -0.25) is 4.79 Å². The van der Waals surface area contributed by atoms with Crippen LogP contribution in [0.5, 0.6) is 0 Å². The fraction of sp³-hybridized carbons (Fsp3) is 0.922. The number of hydrogen-bond acceptors (Lipinski definition) is 8. The zero-order valence-corrected chi connectivity index (χ0v) is 48.2. The minimum Gasteiger partial charge on any atom is -0.394 e. The van der Waals surface area contributed by atoms with Crippen LogP contribution >= 0.6 is 0 Å². The molecule has 0 aliphatic carbocycles. The summed E-state index contributed by atoms with van der Waals surface area (Å²) >= 11 is 0. The zero-order chi connectivity index (χ0) is 52.9. The van der Waals surface area contributed by atoms with E-state index in [4.69, 9.17) is 9.47 Å². The second-order valence-corrected chi connectivity index (χ2v) is 22.6. The molecule has 0 aromatic rings. The lowest BCUT2D eigenvalue weighted by molar-refractivity contribution is -0.302. The van der Waals surface area contributed by atoms with Crippen LogP contribution in [0.15, 0.2) is 24.3 Å². The van der Waals surface area contributed by atoms with Crippen LogP contribution < -0.4 is 5.32 Å². The average molecular weight is 1030 g/mol. The van der Waals surface area contributed by atoms with E-state index in [1.807, 2.05) is 6.08 Å². The van der Waals surface area contributed by atoms with Crippen LogP contribution in [-0.4, -0.2) is 87.5 Å². The number of amides is 1. The molecule has 1 heterocycles. The molecule has 7 unspecified atom stereocenters. The summed E-state index contributed by atoms with van der Waals surface area (Å²) in [5.41, 5.74) is 0. The predicted octanol–water partition coefficient (Wildman–Crippen LogP) is 16.5. The maximum Gasteiger partial charge on any atom is 0.220 e. The van der Waals surface area contributed by atoms with E-state index in [2.05, 4.69) is 31.3 Å². The number of hydrogen-bond donors (Lipinski definition) is 6. The Morgan fingerprint density at radius 2 is 0.767 bits per heavy atom. The van der Waals surface area contributed by atoms with Gasteiger partial charge in [-0.15, -0.1) is 0 Å². The Morgan fingerprint density at radius 1 is 0.452 bits per heavy atom. The summed E-state index contributed by atoms with van der Waals surface area (Å²) in [4.78, 5) is 13.1. The highest BCUT2D eigenvalue weighted by Crippen LogP contribution is 2.23. The topological polar surface area (TPSA) is 149 Å². The molecule has 9 heteroatoms. The van der Waals surface area contributed by atoms with Crippen molar-refractivity contribution in [2.45, 2.75) is 365 Å². The number of allylic oxidation sites excluding steroid dienone is 3. The fourth-order valence-electron chi connectivity index (χ4n) is 10.4. The lowest BCUT2D eigenvalue weighted by Gasteiger charge is -2.40. The summed E-state index contributed by atoms with van der Waals surface area (Å²) in [6.45, 7) is 3.81. The Labute approximate surface area is 451 Å². The Balaban J connectivity index is 2.08. The fourth-order valence-corrected chi connectivity index (χ4v) is 10.4. The first-order valence-electron chi connectivity index (χ1n) is 32.1. The summed E-state index contributed by atoms with van der Waals surface area (Å²) in [6, 6.07) is -0.802. The molecule has 0 bridgehead atoms. The van der Waals surface area contributed by atoms with Crippen LogP contribution in [0.2, 0.25) is 0 Å². The van der Waals surface area contributed by atoms with Crippen molar-refractivity contribution in [2.75, 3.05) is 13.2 Å². The third-order valence-corrected chi connectivity index (χ3v) is 15.5. The summed E-state index contributed by atoms with van der Waals surface area (Å²) < 4.78 is 11.3. The first-order valence-corrected chi connectivity index (χ1v) is 32.1. The van der Waals surface area contributed by atoms with E-state index in [0.29, 0.717) is 6.42 Å². The molecule has 9 nitrogen and oxygen atoms in total. The van der Waals surface area contributed by atoms with Crippen molar-refractivity contribution in [2.24, 2.45) is 0 Å². The molecule has 1 rings (SSSR count). The van der Waals surface area contributed by atoms with Gasteiger partial charge in [-0.25, -0.2) is 0 Å². The molecule has 432 valence electrons. The van der Waals surface area contributed by atoms with Crippen LogP contribution in [0.1, 0.15) is 322 Å². The summed E-state index contributed by atoms with van der Waals surface area (Å²) in [5.74, 6) is -0.171. The van der Waals surface area contributed by atoms with Gasteiger partial charge < -0.3 is 40.3 Å². The molecule has 73 heavy (non-hydrogen) atoms. The molecule has 0 saturated carbocycles. The van der Waals surface area contributed by atoms with Gasteiger partial charge in [-0.05, 0) is 44.9 Å². The highest BCUT2D eigenvalue weighted by Gasteiger charge is 2.44. The molecule has 0 spiro atoms. The number of carbonyl (C=O) groups excluding carboxylic acids is 1. The van der Waals surface area contributed by atoms with E-state index in [1.165, 1.54) is 263 Å². The van der Waals surface area contributed by atoms with Crippen molar-refractivity contribution in [3.63, 3.8) is 0 Å². The van der Waals surface area contributed by atoms with Crippen LogP contribution in [0.4, 0.5) is 0 Å². The number of rotatable bonds is 56. The second kappa shape index (κ2) is 54.0. The quantitative estimate of drug-likeness (QED) is 0.0261. The standard InChI is InChI=1S/C64H123NO8/c1-3-5-7-9-11-13-15-17-19-20-21-22-23-24-25-26-27-28-29-30-31-32-33-34-35-36-37-38-40-42-44-46-48-50-52-54-60(68)65-57(56-72-64-63(71)62(70)61(69)59(55-66)73-64)58(67)53-51-49-47-45-43-41-39-18-16-14-12-10-8-6-4-2/h26-27,51,53,57-59,61-64,66-67,69-71H,3-25,28-50,52,54-56H2,1-2H3,(H,65,68)/b27-26-,53-51+. The van der Waals surface area contributed by atoms with Crippen LogP contribution in [0, 0.1) is 0 Å². The van der Waals surface area contributed by atoms with Crippen LogP contribution in [-0.2, 0) is 14.3 Å². The van der Waals surface area contributed by atoms with Crippen molar-refractivity contribution < 1.29 is 39.8 Å². The molecular formula is C64H123NO8. The first-order chi connectivity index (χ1) is 35.8. The largest absolute Gasteiger partial charge is 0.394 e. The molecule has 6 N–H and O–H groups in total. The first kappa shape index (κ1) is 69.7. The molecule has 1 aliphatic rings. The van der Waals surface area contributed by atoms with Gasteiger partial charge in [-0.2, -0.15) is 0 Å². The Hall–Kier alpha value is -1.33. The number of nitrogens with one attached hydrogen (secondary N) is 1. The predicted molar refractivity (Wildman–Crippen MR) is 309 cm³/mol. The Bertz CT molecular complexity index is 1200. The van der Waals surface area contributed by atoms with Crippen molar-refractivity contribution in [1.29, 1.82) is 0 Å². The van der Waals surface area contributed by atoms with E-state index in [0.717, 1.165) is 38.5 Å². The number of ether oxygens (including phenoxy) is 2. The minimum absolute atomic E-state index is 0.171. The molecule has 0 aromatic carbocycles. The van der Waals surface area contributed by atoms with Gasteiger partial charge in [0, 0.05) is 6.42 Å². The minimum atomic E-state index is -1.56. The normalized spacial score (nSPS) is 19.1. The maximum absolute atomic E-state index is 13.1. The molecule has 1 saturated heterocycles. The van der Waals surface area contributed by atoms with Gasteiger partial charge in [0.2, 0.25) is 5.91 Å². The molecule has 1 fully saturated rings. The monoisotopic (exact) mass is 1030 g/mol. The summed E-state index contributed by atoms with van der Waals surface area (Å²) in [6.07, 6.45) is 62.8. The van der Waals surface area contributed by atoms with Crippen molar-refractivity contribution in [1.82, 2.24) is 5.32 Å². The summed E-state index contributed by atoms with van der Waals surface area (Å²) in [7, 11) is 0. The average Bonchev–Trinajstić information content (AvgIpc) is 3.39. The molecule has 1 amide bonds. The summed E-state index contributed by atoms with van der Waals surface area (Å²) in [5, 5.41) is 54.5. The van der Waals surface area contributed by atoms with Gasteiger partial charge in [0.05, 0.1) is 25.4 Å². The van der Waals surface area contributed by atoms with Gasteiger partial charge in [0.25, 0.3) is 0 Å². The van der Waals surface area contributed by atoms with E-state index in [9.17, 15) is 30.3 Å². The third kappa shape index (κ3) is 43.4. The highest BCUT2D eigenvalue weighted by molar-refractivity contribution is 5.76. The van der Waals surface area contributed by atoms with E-state index in [1.54, 1.807) is 6.08 Å². The Morgan fingerprint density at radius 3 is 1.11 bits per heavy atom. The van der Waals surface area contributed by atoms with Gasteiger partial charge in [-0.1, -0.05) is 295 Å². The molecule has 7 atom stereocenters. The van der Waals surface area contributed by atoms with Gasteiger partial charge >= 0.3 is 0 Å². The molecule has 0 radical (unpaired) electrons. The number of unbranched alkanes of at least 4 members (excludes halogenated alkanes) is 44.